The molecule has 4 atom stereocenters. The molecule has 0 aromatic carbocycles. The van der Waals surface area contributed by atoms with Crippen molar-refractivity contribution < 1.29 is 19.2 Å². The van der Waals surface area contributed by atoms with E-state index in [4.69, 9.17) is 0 Å². The molecule has 0 radical (unpaired) electrons. The van der Waals surface area contributed by atoms with Crippen LogP contribution in [0.3, 0.4) is 0 Å². The highest BCUT2D eigenvalue weighted by atomic mass is 16.2. The van der Waals surface area contributed by atoms with Crippen LogP contribution in [0.25, 0.3) is 0 Å². The van der Waals surface area contributed by atoms with Gasteiger partial charge in [-0.2, -0.15) is 0 Å². The average Bonchev–Trinajstić information content (AvgIpc) is 3.36. The first kappa shape index (κ1) is 37.1. The second-order valence-corrected chi connectivity index (χ2v) is 14.5. The van der Waals surface area contributed by atoms with Gasteiger partial charge in [-0.05, 0) is 56.3 Å². The lowest BCUT2D eigenvalue weighted by Crippen LogP contribution is -2.58. The van der Waals surface area contributed by atoms with E-state index in [0.29, 0.717) is 37.3 Å². The first-order valence-corrected chi connectivity index (χ1v) is 16.4. The van der Waals surface area contributed by atoms with Gasteiger partial charge in [0.2, 0.25) is 11.7 Å². The Hall–Kier alpha value is -3.10. The smallest absolute Gasteiger partial charge is 0.289 e. The van der Waals surface area contributed by atoms with Crippen LogP contribution in [-0.4, -0.2) is 65.0 Å². The van der Waals surface area contributed by atoms with Crippen LogP contribution in [0.15, 0.2) is 37.3 Å². The molecule has 0 aromatic heterocycles. The van der Waals surface area contributed by atoms with Crippen molar-refractivity contribution in [1.82, 2.24) is 26.2 Å². The van der Waals surface area contributed by atoms with Crippen LogP contribution >= 0.6 is 0 Å². The Morgan fingerprint density at radius 2 is 1.68 bits per heavy atom. The van der Waals surface area contributed by atoms with E-state index in [1.807, 2.05) is 34.6 Å². The van der Waals surface area contributed by atoms with Crippen molar-refractivity contribution in [2.75, 3.05) is 13.1 Å². The number of nitrogens with zero attached hydrogens (tertiary/aromatic N) is 1. The van der Waals surface area contributed by atoms with E-state index >= 15 is 0 Å². The summed E-state index contributed by atoms with van der Waals surface area (Å²) in [5.74, 6) is -0.576. The summed E-state index contributed by atoms with van der Waals surface area (Å²) >= 11 is 0. The number of carbonyl (C=O) groups is 4. The predicted molar refractivity (Wildman–Crippen MR) is 177 cm³/mol. The first-order chi connectivity index (χ1) is 20.5. The normalized spacial score (nSPS) is 21.1. The Balaban J connectivity index is 2.33. The number of rotatable bonds is 17. The topological polar surface area (TPSA) is 120 Å². The maximum Gasteiger partial charge on any atom is 0.289 e. The summed E-state index contributed by atoms with van der Waals surface area (Å²) in [6.45, 7) is 26.5. The van der Waals surface area contributed by atoms with Gasteiger partial charge < -0.3 is 31.0 Å². The molecule has 2 amide bonds. The van der Waals surface area contributed by atoms with E-state index in [9.17, 15) is 19.2 Å². The molecule has 1 aliphatic heterocycles. The molecule has 1 saturated carbocycles. The minimum absolute atomic E-state index is 0.0231. The Kier molecular flexibility index (Phi) is 13.7. The quantitative estimate of drug-likeness (QED) is 0.138. The van der Waals surface area contributed by atoms with E-state index in [0.717, 1.165) is 19.3 Å². The van der Waals surface area contributed by atoms with Crippen molar-refractivity contribution in [3.63, 3.8) is 0 Å². The number of nitrogens with one attached hydrogen (secondary N) is 4. The molecule has 2 fully saturated rings. The van der Waals surface area contributed by atoms with Crippen molar-refractivity contribution in [1.29, 1.82) is 0 Å². The lowest BCUT2D eigenvalue weighted by molar-refractivity contribution is -0.139. The average molecular weight is 614 g/mol. The van der Waals surface area contributed by atoms with Crippen molar-refractivity contribution in [3.8, 4) is 0 Å². The number of amides is 2. The minimum atomic E-state index is -0.794. The van der Waals surface area contributed by atoms with Gasteiger partial charge in [0, 0.05) is 30.7 Å². The van der Waals surface area contributed by atoms with E-state index in [-0.39, 0.29) is 35.6 Å². The molecule has 248 valence electrons. The molecule has 1 heterocycles. The monoisotopic (exact) mass is 613 g/mol. The van der Waals surface area contributed by atoms with Gasteiger partial charge in [0.05, 0.1) is 17.9 Å². The van der Waals surface area contributed by atoms with Crippen LogP contribution in [0.2, 0.25) is 0 Å². The van der Waals surface area contributed by atoms with E-state index in [1.54, 1.807) is 11.8 Å². The van der Waals surface area contributed by atoms with Crippen molar-refractivity contribution in [2.24, 2.45) is 17.3 Å². The number of Topliss-reactive ketones (excluding diaryl/α,β-unsaturated/α-hetero) is 2. The van der Waals surface area contributed by atoms with Gasteiger partial charge in [-0.25, -0.2) is 0 Å². The van der Waals surface area contributed by atoms with Gasteiger partial charge in [0.1, 0.15) is 11.8 Å². The fraction of sp³-hybridized carbons (Fsp3) is 0.714. The number of carbonyl (C=O) groups excluding carboxylic acids is 4. The van der Waals surface area contributed by atoms with Gasteiger partial charge in [0.15, 0.2) is 0 Å². The molecule has 2 aliphatic rings. The van der Waals surface area contributed by atoms with Crippen LogP contribution < -0.4 is 21.3 Å². The second kappa shape index (κ2) is 16.3. The highest BCUT2D eigenvalue weighted by Gasteiger charge is 2.44. The highest BCUT2D eigenvalue weighted by molar-refractivity contribution is 6.38. The molecule has 9 nitrogen and oxygen atoms in total. The predicted octanol–water partition coefficient (Wildman–Crippen LogP) is 4.75. The fourth-order valence-electron chi connectivity index (χ4n) is 6.62. The summed E-state index contributed by atoms with van der Waals surface area (Å²) in [6, 6.07) is -1.83. The molecule has 1 aliphatic carbocycles. The zero-order chi connectivity index (χ0) is 33.2. The van der Waals surface area contributed by atoms with Gasteiger partial charge >= 0.3 is 0 Å². The van der Waals surface area contributed by atoms with Gasteiger partial charge in [-0.15, -0.1) is 6.58 Å². The lowest BCUT2D eigenvalue weighted by atomic mass is 9.79. The largest absolute Gasteiger partial charge is 0.377 e. The minimum Gasteiger partial charge on any atom is -0.377 e. The third kappa shape index (κ3) is 10.5. The highest BCUT2D eigenvalue weighted by Crippen LogP contribution is 2.34. The van der Waals surface area contributed by atoms with E-state index in [1.165, 1.54) is 25.3 Å². The molecule has 2 rings (SSSR count). The molecule has 0 aromatic rings. The summed E-state index contributed by atoms with van der Waals surface area (Å²) in [5.41, 5.74) is 0.0205. The first-order valence-electron chi connectivity index (χ1n) is 16.4. The third-order valence-electron chi connectivity index (χ3n) is 9.00. The van der Waals surface area contributed by atoms with Gasteiger partial charge in [0.25, 0.3) is 5.91 Å². The Bertz CT molecular complexity index is 1070. The van der Waals surface area contributed by atoms with E-state index in [2.05, 4.69) is 47.9 Å². The Labute approximate surface area is 266 Å². The van der Waals surface area contributed by atoms with E-state index < -0.39 is 35.2 Å². The molecule has 4 N–H and O–H groups in total. The third-order valence-corrected chi connectivity index (χ3v) is 9.00. The van der Waals surface area contributed by atoms with Crippen LogP contribution in [0.5, 0.6) is 0 Å². The molecule has 44 heavy (non-hydrogen) atoms. The molecule has 3 unspecified atom stereocenters. The Morgan fingerprint density at radius 1 is 1.05 bits per heavy atom. The number of hydrogen-bond donors (Lipinski definition) is 4. The maximum absolute atomic E-state index is 14.4. The summed E-state index contributed by atoms with van der Waals surface area (Å²) in [4.78, 5) is 54.0. The summed E-state index contributed by atoms with van der Waals surface area (Å²) in [7, 11) is 0. The molecule has 0 spiro atoms. The standard InChI is InChI=1S/C35H59N5O4/c1-11-18-36-32(43)30(42)28(19-23(3)4)37-25(6)29-21-27(20-24(5)41)22-40(29)33(44)31(34(8,9)10)38-26(7)39-35(12-2)16-14-13-15-17-35/h11,23,27-29,31,37-39H,1,6-7,12-22H2,2-5,8-10H3,(H,36,43)/t27-,28?,29?,31?/m1/s1. The number of hydrogen-bond acceptors (Lipinski definition) is 7. The van der Waals surface area contributed by atoms with Gasteiger partial charge in [-0.1, -0.05) is 80.0 Å². The Morgan fingerprint density at radius 3 is 2.20 bits per heavy atom. The van der Waals surface area contributed by atoms with Crippen LogP contribution in [-0.2, 0) is 19.2 Å². The van der Waals surface area contributed by atoms with Crippen molar-refractivity contribution in [2.45, 2.75) is 130 Å². The van der Waals surface area contributed by atoms with Crippen molar-refractivity contribution >= 4 is 23.4 Å². The summed E-state index contributed by atoms with van der Waals surface area (Å²) < 4.78 is 0. The fourth-order valence-corrected chi connectivity index (χ4v) is 6.62. The van der Waals surface area contributed by atoms with Crippen LogP contribution in [0.4, 0.5) is 0 Å². The summed E-state index contributed by atoms with van der Waals surface area (Å²) in [6.07, 6.45) is 9.56. The molecule has 9 heteroatoms. The molecular weight excluding hydrogens is 554 g/mol. The summed E-state index contributed by atoms with van der Waals surface area (Å²) in [5, 5.41) is 12.9. The zero-order valence-corrected chi connectivity index (χ0v) is 28.4. The number of ketones is 2. The van der Waals surface area contributed by atoms with Gasteiger partial charge in [-0.3, -0.25) is 14.4 Å². The molecule has 0 bridgehead atoms. The van der Waals surface area contributed by atoms with Crippen LogP contribution in [0, 0.1) is 17.3 Å². The lowest BCUT2D eigenvalue weighted by Gasteiger charge is -2.42. The molecular formula is C35H59N5O4. The zero-order valence-electron chi connectivity index (χ0n) is 28.4. The van der Waals surface area contributed by atoms with Crippen molar-refractivity contribution in [3.05, 3.63) is 37.3 Å². The SMILES string of the molecule is C=CCNC(=O)C(=O)C(CC(C)C)NC(=C)C1C[C@@H](CC(C)=O)CN1C(=O)C(NC(=C)NC1(CC)CCCCC1)C(C)(C)C. The van der Waals surface area contributed by atoms with Crippen LogP contribution in [0.1, 0.15) is 106 Å². The maximum atomic E-state index is 14.4. The molecule has 1 saturated heterocycles. The number of likely N-dealkylation sites (tertiary alicyclic amines) is 1. The second-order valence-electron chi connectivity index (χ2n) is 14.5.